The number of carbonyl (C=O) groups excluding carboxylic acids is 2. The Balaban J connectivity index is 1.31. The Morgan fingerprint density at radius 1 is 1.10 bits per heavy atom. The van der Waals surface area contributed by atoms with Gasteiger partial charge in [0.1, 0.15) is 17.9 Å². The number of carbonyl (C=O) groups is 2. The van der Waals surface area contributed by atoms with Crippen LogP contribution < -0.4 is 15.0 Å². The summed E-state index contributed by atoms with van der Waals surface area (Å²) in [5.74, 6) is 0.775. The van der Waals surface area contributed by atoms with Crippen molar-refractivity contribution in [2.45, 2.75) is 0 Å². The topological polar surface area (TPSA) is 105 Å². The number of aromatic nitrogens is 4. The average molecular weight is 409 g/mol. The highest BCUT2D eigenvalue weighted by molar-refractivity contribution is 6.05. The number of imide groups is 1. The molecule has 2 aromatic heterocycles. The van der Waals surface area contributed by atoms with Crippen molar-refractivity contribution in [3.63, 3.8) is 0 Å². The molecule has 30 heavy (non-hydrogen) atoms. The van der Waals surface area contributed by atoms with Gasteiger partial charge in [-0.15, -0.1) is 0 Å². The normalized spacial score (nSPS) is 14.7. The maximum atomic E-state index is 12.3. The van der Waals surface area contributed by atoms with E-state index in [1.807, 2.05) is 11.9 Å². The van der Waals surface area contributed by atoms with Crippen LogP contribution in [0.5, 0.6) is 5.75 Å². The van der Waals surface area contributed by atoms with Gasteiger partial charge in [-0.05, 0) is 24.3 Å². The summed E-state index contributed by atoms with van der Waals surface area (Å²) in [7, 11) is 3.41. The van der Waals surface area contributed by atoms with Crippen molar-refractivity contribution in [1.82, 2.24) is 30.0 Å². The van der Waals surface area contributed by atoms with E-state index < -0.39 is 5.91 Å². The lowest BCUT2D eigenvalue weighted by Gasteiger charge is -2.35. The molecule has 3 heterocycles. The second kappa shape index (κ2) is 8.46. The summed E-state index contributed by atoms with van der Waals surface area (Å²) >= 11 is 0. The molecule has 0 radical (unpaired) electrons. The molecule has 1 aliphatic heterocycles. The number of fused-ring (bicyclic) bond motifs is 1. The molecule has 156 valence electrons. The molecule has 0 spiro atoms. The summed E-state index contributed by atoms with van der Waals surface area (Å²) < 4.78 is 6.80. The number of hydrogen-bond acceptors (Lipinski definition) is 8. The zero-order chi connectivity index (χ0) is 21.1. The van der Waals surface area contributed by atoms with Crippen LogP contribution >= 0.6 is 0 Å². The Labute approximate surface area is 173 Å². The van der Waals surface area contributed by atoms with E-state index in [4.69, 9.17) is 4.74 Å². The zero-order valence-electron chi connectivity index (χ0n) is 16.9. The fraction of sp³-hybridized carbons (Fsp3) is 0.350. The smallest absolute Gasteiger partial charge is 0.257 e. The maximum absolute atomic E-state index is 12.3. The maximum Gasteiger partial charge on any atom is 0.257 e. The van der Waals surface area contributed by atoms with Crippen molar-refractivity contribution in [1.29, 1.82) is 0 Å². The first-order valence-corrected chi connectivity index (χ1v) is 9.63. The fourth-order valence-corrected chi connectivity index (χ4v) is 3.50. The second-order valence-corrected chi connectivity index (χ2v) is 7.07. The average Bonchev–Trinajstić information content (AvgIpc) is 3.15. The van der Waals surface area contributed by atoms with Crippen LogP contribution in [0.25, 0.3) is 11.0 Å². The molecule has 1 aliphatic rings. The van der Waals surface area contributed by atoms with Crippen LogP contribution in [0.3, 0.4) is 0 Å². The predicted molar refractivity (Wildman–Crippen MR) is 110 cm³/mol. The van der Waals surface area contributed by atoms with Crippen molar-refractivity contribution in [3.8, 4) is 5.75 Å². The Hall–Kier alpha value is -3.53. The third-order valence-corrected chi connectivity index (χ3v) is 5.15. The lowest BCUT2D eigenvalue weighted by atomic mass is 10.2. The summed E-state index contributed by atoms with van der Waals surface area (Å²) in [6.45, 7) is 3.00. The second-order valence-electron chi connectivity index (χ2n) is 7.07. The first-order chi connectivity index (χ1) is 14.5. The highest BCUT2D eigenvalue weighted by Crippen LogP contribution is 2.23. The van der Waals surface area contributed by atoms with E-state index in [2.05, 4.69) is 25.3 Å². The van der Waals surface area contributed by atoms with E-state index in [0.29, 0.717) is 24.4 Å². The van der Waals surface area contributed by atoms with Gasteiger partial charge in [0, 0.05) is 38.8 Å². The number of ether oxygens (including phenoxy) is 1. The first-order valence-electron chi connectivity index (χ1n) is 9.63. The molecule has 0 aliphatic carbocycles. The molecule has 0 saturated carbocycles. The van der Waals surface area contributed by atoms with Gasteiger partial charge >= 0.3 is 0 Å². The zero-order valence-corrected chi connectivity index (χ0v) is 16.9. The Morgan fingerprint density at radius 3 is 2.53 bits per heavy atom. The van der Waals surface area contributed by atoms with Crippen LogP contribution in [-0.2, 0) is 11.8 Å². The lowest BCUT2D eigenvalue weighted by Crippen LogP contribution is -2.50. The number of piperazine rings is 1. The summed E-state index contributed by atoms with van der Waals surface area (Å²) in [5.41, 5.74) is 1.21. The summed E-state index contributed by atoms with van der Waals surface area (Å²) in [5, 5.41) is 7.61. The van der Waals surface area contributed by atoms with Gasteiger partial charge in [-0.3, -0.25) is 24.5 Å². The molecule has 1 saturated heterocycles. The van der Waals surface area contributed by atoms with E-state index in [-0.39, 0.29) is 12.5 Å². The van der Waals surface area contributed by atoms with E-state index >= 15 is 0 Å². The monoisotopic (exact) mass is 409 g/mol. The number of anilines is 1. The number of amides is 2. The Morgan fingerprint density at radius 2 is 1.83 bits per heavy atom. The van der Waals surface area contributed by atoms with E-state index in [9.17, 15) is 9.59 Å². The molecule has 0 unspecified atom stereocenters. The summed E-state index contributed by atoms with van der Waals surface area (Å²) in [6, 6.07) is 6.62. The third kappa shape index (κ3) is 4.08. The van der Waals surface area contributed by atoms with Crippen LogP contribution in [0.2, 0.25) is 0 Å². The van der Waals surface area contributed by atoms with Gasteiger partial charge < -0.3 is 9.64 Å². The van der Waals surface area contributed by atoms with E-state index in [1.54, 1.807) is 48.6 Å². The summed E-state index contributed by atoms with van der Waals surface area (Å²) in [6.07, 6.45) is 3.32. The van der Waals surface area contributed by atoms with Crippen molar-refractivity contribution in [3.05, 3.63) is 42.4 Å². The van der Waals surface area contributed by atoms with Crippen LogP contribution in [0.15, 0.2) is 36.8 Å². The highest BCUT2D eigenvalue weighted by Gasteiger charge is 2.23. The minimum absolute atomic E-state index is 0.168. The molecular weight excluding hydrogens is 386 g/mol. The predicted octanol–water partition coefficient (Wildman–Crippen LogP) is 0.451. The minimum atomic E-state index is -0.416. The number of hydrogen-bond donors (Lipinski definition) is 1. The number of benzene rings is 1. The fourth-order valence-electron chi connectivity index (χ4n) is 3.50. The van der Waals surface area contributed by atoms with Crippen molar-refractivity contribution in [2.75, 3.05) is 44.7 Å². The molecule has 0 atom stereocenters. The van der Waals surface area contributed by atoms with Crippen LogP contribution in [0.4, 0.5) is 5.82 Å². The summed E-state index contributed by atoms with van der Waals surface area (Å²) in [4.78, 5) is 37.4. The molecule has 1 aromatic carbocycles. The molecule has 4 rings (SSSR count). The quantitative estimate of drug-likeness (QED) is 0.648. The van der Waals surface area contributed by atoms with Gasteiger partial charge in [0.05, 0.1) is 25.2 Å². The number of nitrogens with zero attached hydrogens (tertiary/aromatic N) is 6. The van der Waals surface area contributed by atoms with Gasteiger partial charge in [-0.2, -0.15) is 5.10 Å². The Kier molecular flexibility index (Phi) is 5.57. The van der Waals surface area contributed by atoms with Gasteiger partial charge in [-0.25, -0.2) is 9.97 Å². The first kappa shape index (κ1) is 19.8. The SMILES string of the molecule is COc1ccc(C(=O)NC(=O)CN2CCN(c3ncnc4c3cnn4C)CC2)cc1. The molecule has 1 fully saturated rings. The molecule has 10 nitrogen and oxygen atoms in total. The van der Waals surface area contributed by atoms with E-state index in [0.717, 1.165) is 29.9 Å². The standard InChI is InChI=1S/C20H23N7O3/c1-25-18-16(11-23-25)19(22-13-21-18)27-9-7-26(8-10-27)12-17(28)24-20(29)14-3-5-15(30-2)6-4-14/h3-6,11,13H,7-10,12H2,1-2H3,(H,24,28,29). The molecule has 10 heteroatoms. The molecule has 3 aromatic rings. The number of rotatable bonds is 5. The Bertz CT molecular complexity index is 1060. The van der Waals surface area contributed by atoms with Crippen LogP contribution in [0, 0.1) is 0 Å². The highest BCUT2D eigenvalue weighted by atomic mass is 16.5. The van der Waals surface area contributed by atoms with Crippen molar-refractivity contribution < 1.29 is 14.3 Å². The number of nitrogens with one attached hydrogen (secondary N) is 1. The molecule has 2 amide bonds. The largest absolute Gasteiger partial charge is 0.497 e. The van der Waals surface area contributed by atoms with Crippen LogP contribution in [-0.4, -0.2) is 76.3 Å². The van der Waals surface area contributed by atoms with E-state index in [1.165, 1.54) is 0 Å². The van der Waals surface area contributed by atoms with Crippen molar-refractivity contribution in [2.24, 2.45) is 7.05 Å². The van der Waals surface area contributed by atoms with Gasteiger partial charge in [0.15, 0.2) is 5.65 Å². The van der Waals surface area contributed by atoms with Crippen molar-refractivity contribution >= 4 is 28.7 Å². The van der Waals surface area contributed by atoms with Crippen LogP contribution in [0.1, 0.15) is 10.4 Å². The minimum Gasteiger partial charge on any atom is -0.497 e. The van der Waals surface area contributed by atoms with Gasteiger partial charge in [-0.1, -0.05) is 0 Å². The molecule has 1 N–H and O–H groups in total. The van der Waals surface area contributed by atoms with Gasteiger partial charge in [0.25, 0.3) is 5.91 Å². The molecule has 0 bridgehead atoms. The van der Waals surface area contributed by atoms with Gasteiger partial charge in [0.2, 0.25) is 5.91 Å². The number of methoxy groups -OCH3 is 1. The number of aryl methyl sites for hydroxylation is 1. The molecular formula is C20H23N7O3. The third-order valence-electron chi connectivity index (χ3n) is 5.15. The lowest BCUT2D eigenvalue weighted by molar-refractivity contribution is -0.121.